The average molecular weight is 329 g/mol. The van der Waals surface area contributed by atoms with E-state index in [2.05, 4.69) is 17.3 Å². The number of fused-ring (bicyclic) bond motifs is 1. The van der Waals surface area contributed by atoms with Crippen molar-refractivity contribution in [2.75, 3.05) is 5.32 Å². The Morgan fingerprint density at radius 2 is 2.21 bits per heavy atom. The number of hydrogen-bond donors (Lipinski definition) is 3. The Kier molecular flexibility index (Phi) is 4.01. The molecule has 1 amide bonds. The van der Waals surface area contributed by atoms with E-state index < -0.39 is 5.97 Å². The fourth-order valence-electron chi connectivity index (χ4n) is 3.20. The molecule has 0 fully saturated rings. The average Bonchev–Trinajstić information content (AvgIpc) is 2.83. The van der Waals surface area contributed by atoms with Crippen molar-refractivity contribution in [3.05, 3.63) is 40.6 Å². The quantitative estimate of drug-likeness (QED) is 0.799. The second kappa shape index (κ2) is 5.99. The van der Waals surface area contributed by atoms with Crippen LogP contribution in [0.1, 0.15) is 52.9 Å². The van der Waals surface area contributed by atoms with Gasteiger partial charge in [0, 0.05) is 30.1 Å². The minimum Gasteiger partial charge on any atom is -0.507 e. The fourth-order valence-corrected chi connectivity index (χ4v) is 3.20. The molecule has 7 heteroatoms. The lowest BCUT2D eigenvalue weighted by molar-refractivity contribution is -0.116. The van der Waals surface area contributed by atoms with Crippen LogP contribution in [-0.4, -0.2) is 31.9 Å². The number of amides is 1. The van der Waals surface area contributed by atoms with Crippen molar-refractivity contribution in [1.29, 1.82) is 0 Å². The second-order valence-electron chi connectivity index (χ2n) is 5.96. The summed E-state index contributed by atoms with van der Waals surface area (Å²) in [5.41, 5.74) is 2.38. The first kappa shape index (κ1) is 16.0. The van der Waals surface area contributed by atoms with Crippen LogP contribution in [0.3, 0.4) is 0 Å². The van der Waals surface area contributed by atoms with Crippen molar-refractivity contribution in [3.8, 4) is 5.75 Å². The van der Waals surface area contributed by atoms with Gasteiger partial charge in [-0.05, 0) is 31.0 Å². The smallest absolute Gasteiger partial charge is 0.339 e. The monoisotopic (exact) mass is 329 g/mol. The van der Waals surface area contributed by atoms with Gasteiger partial charge in [0.25, 0.3) is 0 Å². The standard InChI is InChI=1S/C17H19N3O4/c1-3-6-20-9(2)15-11(8-14(22)18-16(15)19-20)10-4-5-13(21)12(7-10)17(23)24/h4-5,7,11,21H,3,6,8H2,1-2H3,(H,23,24)(H,18,19,22). The zero-order valence-corrected chi connectivity index (χ0v) is 13.5. The fraction of sp³-hybridized carbons (Fsp3) is 0.353. The van der Waals surface area contributed by atoms with Crippen LogP contribution < -0.4 is 5.32 Å². The van der Waals surface area contributed by atoms with Gasteiger partial charge < -0.3 is 15.5 Å². The van der Waals surface area contributed by atoms with E-state index in [1.807, 2.05) is 11.6 Å². The van der Waals surface area contributed by atoms with Crippen LogP contribution in [0.5, 0.6) is 5.75 Å². The zero-order valence-electron chi connectivity index (χ0n) is 13.5. The highest BCUT2D eigenvalue weighted by molar-refractivity contribution is 5.95. The molecule has 1 aromatic carbocycles. The maximum absolute atomic E-state index is 12.0. The number of nitrogens with zero attached hydrogens (tertiary/aromatic N) is 2. The molecule has 0 aliphatic carbocycles. The van der Waals surface area contributed by atoms with Crippen molar-refractivity contribution >= 4 is 17.7 Å². The molecule has 24 heavy (non-hydrogen) atoms. The Morgan fingerprint density at radius 1 is 1.46 bits per heavy atom. The summed E-state index contributed by atoms with van der Waals surface area (Å²) in [4.78, 5) is 23.3. The number of aromatic nitrogens is 2. The van der Waals surface area contributed by atoms with Gasteiger partial charge in [-0.25, -0.2) is 4.79 Å². The minimum absolute atomic E-state index is 0.154. The third-order valence-corrected chi connectivity index (χ3v) is 4.34. The van der Waals surface area contributed by atoms with E-state index in [4.69, 9.17) is 0 Å². The summed E-state index contributed by atoms with van der Waals surface area (Å²) in [6, 6.07) is 4.45. The van der Waals surface area contributed by atoms with Crippen molar-refractivity contribution in [2.24, 2.45) is 0 Å². The van der Waals surface area contributed by atoms with Crippen LogP contribution in [0.15, 0.2) is 18.2 Å². The SMILES string of the molecule is CCCn1nc2c(c1C)C(c1ccc(O)c(C(=O)O)c1)CC(=O)N2. The molecule has 2 heterocycles. The third kappa shape index (κ3) is 2.62. The largest absolute Gasteiger partial charge is 0.507 e. The molecule has 1 unspecified atom stereocenters. The van der Waals surface area contributed by atoms with Gasteiger partial charge in [0.05, 0.1) is 0 Å². The third-order valence-electron chi connectivity index (χ3n) is 4.34. The molecule has 1 aliphatic rings. The number of carbonyl (C=O) groups excluding carboxylic acids is 1. The highest BCUT2D eigenvalue weighted by atomic mass is 16.4. The summed E-state index contributed by atoms with van der Waals surface area (Å²) in [6.45, 7) is 4.75. The van der Waals surface area contributed by atoms with Crippen molar-refractivity contribution in [2.45, 2.75) is 39.2 Å². The van der Waals surface area contributed by atoms with Crippen molar-refractivity contribution < 1.29 is 19.8 Å². The molecule has 1 aliphatic heterocycles. The molecule has 7 nitrogen and oxygen atoms in total. The molecule has 0 saturated carbocycles. The summed E-state index contributed by atoms with van der Waals surface area (Å²) >= 11 is 0. The molecule has 0 saturated heterocycles. The predicted octanol–water partition coefficient (Wildman–Crippen LogP) is 2.48. The molecule has 0 spiro atoms. The number of carboxylic acids is 1. The van der Waals surface area contributed by atoms with E-state index in [9.17, 15) is 19.8 Å². The molecule has 3 rings (SSSR count). The van der Waals surface area contributed by atoms with Gasteiger partial charge in [-0.15, -0.1) is 0 Å². The van der Waals surface area contributed by atoms with Gasteiger partial charge in [-0.2, -0.15) is 5.10 Å². The first-order valence-electron chi connectivity index (χ1n) is 7.85. The van der Waals surface area contributed by atoms with Gasteiger partial charge in [-0.1, -0.05) is 13.0 Å². The lowest BCUT2D eigenvalue weighted by Gasteiger charge is -2.23. The summed E-state index contributed by atoms with van der Waals surface area (Å²) in [5.74, 6) is -1.39. The summed E-state index contributed by atoms with van der Waals surface area (Å²) in [7, 11) is 0. The highest BCUT2D eigenvalue weighted by Gasteiger charge is 2.32. The van der Waals surface area contributed by atoms with Crippen LogP contribution in [0.25, 0.3) is 0 Å². The van der Waals surface area contributed by atoms with Crippen molar-refractivity contribution in [3.63, 3.8) is 0 Å². The van der Waals surface area contributed by atoms with Gasteiger partial charge in [-0.3, -0.25) is 9.48 Å². The Hall–Kier alpha value is -2.83. The first-order chi connectivity index (χ1) is 11.4. The molecule has 0 bridgehead atoms. The number of hydrogen-bond acceptors (Lipinski definition) is 4. The lowest BCUT2D eigenvalue weighted by atomic mass is 9.85. The number of carboxylic acid groups (broad SMARTS) is 1. The number of aromatic carboxylic acids is 1. The minimum atomic E-state index is -1.20. The van der Waals surface area contributed by atoms with E-state index >= 15 is 0 Å². The Balaban J connectivity index is 2.12. The Labute approximate surface area is 138 Å². The van der Waals surface area contributed by atoms with Gasteiger partial charge in [0.15, 0.2) is 5.82 Å². The number of carbonyl (C=O) groups is 2. The van der Waals surface area contributed by atoms with E-state index in [1.165, 1.54) is 12.1 Å². The number of benzene rings is 1. The van der Waals surface area contributed by atoms with Crippen LogP contribution in [-0.2, 0) is 11.3 Å². The molecule has 0 radical (unpaired) electrons. The van der Waals surface area contributed by atoms with Gasteiger partial charge in [0.1, 0.15) is 11.3 Å². The predicted molar refractivity (Wildman–Crippen MR) is 87.4 cm³/mol. The number of aryl methyl sites for hydroxylation is 1. The second-order valence-corrected chi connectivity index (χ2v) is 5.96. The number of aromatic hydroxyl groups is 1. The van der Waals surface area contributed by atoms with Crippen LogP contribution in [0.4, 0.5) is 5.82 Å². The van der Waals surface area contributed by atoms with Crippen LogP contribution >= 0.6 is 0 Å². The number of anilines is 1. The van der Waals surface area contributed by atoms with Gasteiger partial charge >= 0.3 is 5.97 Å². The molecular formula is C17H19N3O4. The highest BCUT2D eigenvalue weighted by Crippen LogP contribution is 2.39. The normalized spacial score (nSPS) is 16.6. The van der Waals surface area contributed by atoms with Crippen LogP contribution in [0, 0.1) is 6.92 Å². The van der Waals surface area contributed by atoms with Gasteiger partial charge in [0.2, 0.25) is 5.91 Å². The van der Waals surface area contributed by atoms with E-state index in [0.717, 1.165) is 24.2 Å². The molecule has 126 valence electrons. The molecular weight excluding hydrogens is 310 g/mol. The summed E-state index contributed by atoms with van der Waals surface area (Å²) in [6.07, 6.45) is 1.14. The topological polar surface area (TPSA) is 104 Å². The number of rotatable bonds is 4. The summed E-state index contributed by atoms with van der Waals surface area (Å²) in [5, 5.41) is 26.2. The van der Waals surface area contributed by atoms with E-state index in [-0.39, 0.29) is 29.6 Å². The molecule has 3 N–H and O–H groups in total. The van der Waals surface area contributed by atoms with E-state index in [0.29, 0.717) is 11.4 Å². The lowest BCUT2D eigenvalue weighted by Crippen LogP contribution is -2.23. The Bertz CT molecular complexity index is 825. The number of phenols is 1. The van der Waals surface area contributed by atoms with Crippen molar-refractivity contribution in [1.82, 2.24) is 9.78 Å². The maximum Gasteiger partial charge on any atom is 0.339 e. The number of nitrogens with one attached hydrogen (secondary N) is 1. The molecule has 2 aromatic rings. The maximum atomic E-state index is 12.0. The summed E-state index contributed by atoms with van der Waals surface area (Å²) < 4.78 is 1.86. The van der Waals surface area contributed by atoms with Crippen LogP contribution in [0.2, 0.25) is 0 Å². The Morgan fingerprint density at radius 3 is 2.88 bits per heavy atom. The van der Waals surface area contributed by atoms with E-state index in [1.54, 1.807) is 6.07 Å². The zero-order chi connectivity index (χ0) is 17.4. The molecule has 1 atom stereocenters. The molecule has 1 aromatic heterocycles. The first-order valence-corrected chi connectivity index (χ1v) is 7.85.